The molecule has 0 saturated heterocycles. The number of rotatable bonds is 2. The van der Waals surface area contributed by atoms with E-state index in [1.54, 1.807) is 24.7 Å². The maximum atomic E-state index is 5.53. The third-order valence-electron chi connectivity index (χ3n) is 1.59. The Morgan fingerprint density at radius 1 is 1.13 bits per heavy atom. The molecule has 2 rings (SSSR count). The molecule has 2 aromatic rings. The number of nitrogen functional groups attached to an aromatic ring is 1. The van der Waals surface area contributed by atoms with Crippen LogP contribution >= 0.6 is 11.8 Å². The highest BCUT2D eigenvalue weighted by molar-refractivity contribution is 7.99. The zero-order valence-electron chi connectivity index (χ0n) is 8.08. The van der Waals surface area contributed by atoms with Crippen LogP contribution in [0, 0.1) is 6.92 Å². The molecule has 0 amide bonds. The molecule has 0 unspecified atom stereocenters. The summed E-state index contributed by atoms with van der Waals surface area (Å²) in [6, 6.07) is 1.64. The Kier molecular flexibility index (Phi) is 2.77. The molecule has 0 aromatic carbocycles. The van der Waals surface area contributed by atoms with Gasteiger partial charge < -0.3 is 5.73 Å². The molecular weight excluding hydrogens is 210 g/mol. The summed E-state index contributed by atoms with van der Waals surface area (Å²) in [6.45, 7) is 1.94. The van der Waals surface area contributed by atoms with Crippen molar-refractivity contribution in [1.82, 2.24) is 19.9 Å². The Balaban J connectivity index is 2.18. The summed E-state index contributed by atoms with van der Waals surface area (Å²) >= 11 is 1.29. The number of aromatic nitrogens is 4. The van der Waals surface area contributed by atoms with Crippen LogP contribution in [0.2, 0.25) is 0 Å². The molecule has 0 saturated carbocycles. The van der Waals surface area contributed by atoms with Crippen LogP contribution in [0.15, 0.2) is 35.0 Å². The summed E-state index contributed by atoms with van der Waals surface area (Å²) < 4.78 is 0. The number of nitrogens with two attached hydrogens (primary N) is 1. The molecule has 6 heteroatoms. The van der Waals surface area contributed by atoms with Gasteiger partial charge in [-0.05, 0) is 30.3 Å². The first-order valence-corrected chi connectivity index (χ1v) is 5.11. The van der Waals surface area contributed by atoms with Crippen molar-refractivity contribution in [2.24, 2.45) is 0 Å². The SMILES string of the molecule is Cc1cnc(Sc2nccc(N)n2)nc1. The fourth-order valence-corrected chi connectivity index (χ4v) is 1.56. The van der Waals surface area contributed by atoms with E-state index in [4.69, 9.17) is 5.73 Å². The van der Waals surface area contributed by atoms with Gasteiger partial charge in [-0.2, -0.15) is 0 Å². The van der Waals surface area contributed by atoms with Gasteiger partial charge in [-0.1, -0.05) is 0 Å². The smallest absolute Gasteiger partial charge is 0.197 e. The lowest BCUT2D eigenvalue weighted by atomic mass is 10.4. The van der Waals surface area contributed by atoms with Crippen LogP contribution in [-0.2, 0) is 0 Å². The second-order valence-corrected chi connectivity index (χ2v) is 3.84. The fourth-order valence-electron chi connectivity index (χ4n) is 0.918. The zero-order chi connectivity index (χ0) is 10.7. The molecule has 0 aliphatic carbocycles. The van der Waals surface area contributed by atoms with Gasteiger partial charge in [-0.3, -0.25) is 0 Å². The van der Waals surface area contributed by atoms with Crippen molar-refractivity contribution >= 4 is 17.6 Å². The predicted molar refractivity (Wildman–Crippen MR) is 57.3 cm³/mol. The van der Waals surface area contributed by atoms with Gasteiger partial charge in [0, 0.05) is 18.6 Å². The summed E-state index contributed by atoms with van der Waals surface area (Å²) in [5.41, 5.74) is 6.55. The van der Waals surface area contributed by atoms with Gasteiger partial charge in [0.05, 0.1) is 0 Å². The number of aryl methyl sites for hydroxylation is 1. The lowest BCUT2D eigenvalue weighted by Crippen LogP contribution is -1.94. The van der Waals surface area contributed by atoms with Crippen molar-refractivity contribution in [1.29, 1.82) is 0 Å². The molecule has 0 radical (unpaired) electrons. The molecule has 2 heterocycles. The van der Waals surface area contributed by atoms with Crippen molar-refractivity contribution in [3.63, 3.8) is 0 Å². The van der Waals surface area contributed by atoms with Gasteiger partial charge >= 0.3 is 0 Å². The first-order valence-electron chi connectivity index (χ1n) is 4.29. The van der Waals surface area contributed by atoms with Crippen molar-refractivity contribution in [2.45, 2.75) is 17.2 Å². The molecule has 2 aromatic heterocycles. The number of hydrogen-bond donors (Lipinski definition) is 1. The molecular formula is C9H9N5S. The standard InChI is InChI=1S/C9H9N5S/c1-6-4-12-8(13-5-6)15-9-11-3-2-7(10)14-9/h2-5H,1H3,(H2,10,11,14). The van der Waals surface area contributed by atoms with Crippen LogP contribution in [0.4, 0.5) is 5.82 Å². The Hall–Kier alpha value is -1.69. The Bertz CT molecular complexity index is 456. The Morgan fingerprint density at radius 3 is 2.53 bits per heavy atom. The fraction of sp³-hybridized carbons (Fsp3) is 0.111. The van der Waals surface area contributed by atoms with E-state index in [0.717, 1.165) is 5.56 Å². The monoisotopic (exact) mass is 219 g/mol. The summed E-state index contributed by atoms with van der Waals surface area (Å²) in [6.07, 6.45) is 5.11. The Labute approximate surface area is 91.2 Å². The van der Waals surface area contributed by atoms with E-state index in [1.165, 1.54) is 11.8 Å². The predicted octanol–water partition coefficient (Wildman–Crippen LogP) is 1.31. The highest BCUT2D eigenvalue weighted by atomic mass is 32.2. The minimum absolute atomic E-state index is 0.444. The molecule has 76 valence electrons. The van der Waals surface area contributed by atoms with E-state index >= 15 is 0 Å². The molecule has 0 aliphatic heterocycles. The first kappa shape index (κ1) is 9.85. The van der Waals surface area contributed by atoms with Gasteiger partial charge in [0.2, 0.25) is 0 Å². The molecule has 0 spiro atoms. The van der Waals surface area contributed by atoms with Crippen LogP contribution in [0.25, 0.3) is 0 Å². The van der Waals surface area contributed by atoms with E-state index < -0.39 is 0 Å². The van der Waals surface area contributed by atoms with Crippen LogP contribution in [-0.4, -0.2) is 19.9 Å². The summed E-state index contributed by atoms with van der Waals surface area (Å²) in [5, 5.41) is 1.17. The van der Waals surface area contributed by atoms with E-state index in [0.29, 0.717) is 16.1 Å². The summed E-state index contributed by atoms with van der Waals surface area (Å²) in [5.74, 6) is 0.444. The van der Waals surface area contributed by atoms with E-state index in [-0.39, 0.29) is 0 Å². The number of hydrogen-bond acceptors (Lipinski definition) is 6. The molecule has 15 heavy (non-hydrogen) atoms. The number of anilines is 1. The maximum absolute atomic E-state index is 5.53. The second kappa shape index (κ2) is 4.22. The van der Waals surface area contributed by atoms with Crippen molar-refractivity contribution in [3.8, 4) is 0 Å². The molecule has 0 aliphatic rings. The average molecular weight is 219 g/mol. The van der Waals surface area contributed by atoms with Crippen molar-refractivity contribution in [3.05, 3.63) is 30.2 Å². The van der Waals surface area contributed by atoms with Gasteiger partial charge in [0.15, 0.2) is 10.3 Å². The van der Waals surface area contributed by atoms with Crippen molar-refractivity contribution in [2.75, 3.05) is 5.73 Å². The molecule has 0 bridgehead atoms. The molecule has 0 atom stereocenters. The highest BCUT2D eigenvalue weighted by Gasteiger charge is 2.02. The summed E-state index contributed by atoms with van der Waals surface area (Å²) in [7, 11) is 0. The van der Waals surface area contributed by atoms with Crippen LogP contribution in [0.5, 0.6) is 0 Å². The van der Waals surface area contributed by atoms with E-state index in [1.807, 2.05) is 6.92 Å². The quantitative estimate of drug-likeness (QED) is 0.767. The minimum Gasteiger partial charge on any atom is -0.384 e. The third kappa shape index (κ3) is 2.63. The zero-order valence-corrected chi connectivity index (χ0v) is 8.90. The topological polar surface area (TPSA) is 77.6 Å². The average Bonchev–Trinajstić information content (AvgIpc) is 2.22. The number of nitrogens with zero attached hydrogens (tertiary/aromatic N) is 4. The largest absolute Gasteiger partial charge is 0.384 e. The lowest BCUT2D eigenvalue weighted by Gasteiger charge is -1.99. The lowest BCUT2D eigenvalue weighted by molar-refractivity contribution is 0.922. The van der Waals surface area contributed by atoms with E-state index in [2.05, 4.69) is 19.9 Å². The highest BCUT2D eigenvalue weighted by Crippen LogP contribution is 2.20. The first-order chi connectivity index (χ1) is 7.24. The maximum Gasteiger partial charge on any atom is 0.197 e. The minimum atomic E-state index is 0.444. The summed E-state index contributed by atoms with van der Waals surface area (Å²) in [4.78, 5) is 16.4. The van der Waals surface area contributed by atoms with Gasteiger partial charge in [0.25, 0.3) is 0 Å². The third-order valence-corrected chi connectivity index (χ3v) is 2.37. The van der Waals surface area contributed by atoms with Crippen LogP contribution in [0.1, 0.15) is 5.56 Å². The molecule has 0 fully saturated rings. The van der Waals surface area contributed by atoms with Gasteiger partial charge in [0.1, 0.15) is 5.82 Å². The van der Waals surface area contributed by atoms with Crippen LogP contribution < -0.4 is 5.73 Å². The normalized spacial score (nSPS) is 10.2. The second-order valence-electron chi connectivity index (χ2n) is 2.91. The molecule has 2 N–H and O–H groups in total. The van der Waals surface area contributed by atoms with E-state index in [9.17, 15) is 0 Å². The molecule has 5 nitrogen and oxygen atoms in total. The van der Waals surface area contributed by atoms with Gasteiger partial charge in [-0.15, -0.1) is 0 Å². The van der Waals surface area contributed by atoms with Gasteiger partial charge in [-0.25, -0.2) is 19.9 Å². The van der Waals surface area contributed by atoms with Crippen molar-refractivity contribution < 1.29 is 0 Å². The Morgan fingerprint density at radius 2 is 1.87 bits per heavy atom. The van der Waals surface area contributed by atoms with Crippen LogP contribution in [0.3, 0.4) is 0 Å².